The molecule has 1 unspecified atom stereocenters. The second-order valence-corrected chi connectivity index (χ2v) is 9.87. The number of anilines is 2. The number of hydrogen-bond donors (Lipinski definition) is 3. The van der Waals surface area contributed by atoms with E-state index in [9.17, 15) is 18.3 Å². The first-order chi connectivity index (χ1) is 15.3. The minimum Gasteiger partial charge on any atom is -0.392 e. The summed E-state index contributed by atoms with van der Waals surface area (Å²) < 4.78 is 28.8. The van der Waals surface area contributed by atoms with E-state index in [0.29, 0.717) is 31.3 Å². The molecule has 0 bridgehead atoms. The largest absolute Gasteiger partial charge is 0.392 e. The maximum Gasteiger partial charge on any atom is 0.244 e. The summed E-state index contributed by atoms with van der Waals surface area (Å²) in [6.45, 7) is 2.98. The van der Waals surface area contributed by atoms with Gasteiger partial charge in [0.1, 0.15) is 6.54 Å². The number of hydrogen-bond acceptors (Lipinski definition) is 6. The SMILES string of the molecule is CC(O)CNc1nc2ccccc2n1CC(=O)Nc1cccc(S(=O)(=O)N2CCCC2)c1. The highest BCUT2D eigenvalue weighted by molar-refractivity contribution is 7.89. The van der Waals surface area contributed by atoms with Crippen molar-refractivity contribution in [2.45, 2.75) is 37.3 Å². The summed E-state index contributed by atoms with van der Waals surface area (Å²) >= 11 is 0. The highest BCUT2D eigenvalue weighted by Crippen LogP contribution is 2.24. The van der Waals surface area contributed by atoms with Gasteiger partial charge >= 0.3 is 0 Å². The van der Waals surface area contributed by atoms with Crippen LogP contribution in [0.5, 0.6) is 0 Å². The normalized spacial score (nSPS) is 15.7. The number of aromatic nitrogens is 2. The summed E-state index contributed by atoms with van der Waals surface area (Å²) in [5.41, 5.74) is 1.92. The number of sulfonamides is 1. The molecule has 32 heavy (non-hydrogen) atoms. The molecule has 4 rings (SSSR count). The number of aliphatic hydroxyl groups excluding tert-OH is 1. The molecule has 1 aliphatic rings. The first-order valence-electron chi connectivity index (χ1n) is 10.6. The number of para-hydroxylation sites is 2. The van der Waals surface area contributed by atoms with Crippen LogP contribution >= 0.6 is 0 Å². The van der Waals surface area contributed by atoms with Crippen LogP contribution in [0, 0.1) is 0 Å². The molecule has 0 aliphatic carbocycles. The number of nitrogens with one attached hydrogen (secondary N) is 2. The molecule has 1 saturated heterocycles. The highest BCUT2D eigenvalue weighted by Gasteiger charge is 2.27. The Morgan fingerprint density at radius 1 is 1.16 bits per heavy atom. The van der Waals surface area contributed by atoms with Crippen molar-refractivity contribution in [3.8, 4) is 0 Å². The number of aliphatic hydroxyl groups is 1. The smallest absolute Gasteiger partial charge is 0.244 e. The van der Waals surface area contributed by atoms with Gasteiger partial charge in [0.05, 0.1) is 22.0 Å². The molecular weight excluding hydrogens is 430 g/mol. The van der Waals surface area contributed by atoms with E-state index >= 15 is 0 Å². The average molecular weight is 458 g/mol. The molecule has 9 nitrogen and oxygen atoms in total. The molecular formula is C22H27N5O4S. The lowest BCUT2D eigenvalue weighted by atomic mass is 10.3. The van der Waals surface area contributed by atoms with Gasteiger partial charge in [0.15, 0.2) is 0 Å². The Morgan fingerprint density at radius 3 is 2.66 bits per heavy atom. The Labute approximate surface area is 187 Å². The predicted octanol–water partition coefficient (Wildman–Crippen LogP) is 2.25. The van der Waals surface area contributed by atoms with Gasteiger partial charge in [-0.15, -0.1) is 0 Å². The molecule has 2 aromatic carbocycles. The van der Waals surface area contributed by atoms with E-state index in [1.807, 2.05) is 24.3 Å². The molecule has 2 heterocycles. The number of nitrogens with zero attached hydrogens (tertiary/aromatic N) is 3. The molecule has 1 fully saturated rings. The van der Waals surface area contributed by atoms with Crippen LogP contribution in [-0.2, 0) is 21.4 Å². The van der Waals surface area contributed by atoms with Crippen molar-refractivity contribution in [1.29, 1.82) is 0 Å². The van der Waals surface area contributed by atoms with Gasteiger partial charge in [0, 0.05) is 25.3 Å². The number of imidazole rings is 1. The van der Waals surface area contributed by atoms with Crippen molar-refractivity contribution < 1.29 is 18.3 Å². The third kappa shape index (κ3) is 4.77. The number of fused-ring (bicyclic) bond motifs is 1. The molecule has 10 heteroatoms. The fourth-order valence-electron chi connectivity index (χ4n) is 3.77. The second kappa shape index (κ2) is 9.27. The lowest BCUT2D eigenvalue weighted by Gasteiger charge is -2.16. The summed E-state index contributed by atoms with van der Waals surface area (Å²) in [7, 11) is -3.56. The standard InChI is InChI=1S/C22H27N5O4S/c1-16(28)14-23-22-25-19-9-2-3-10-20(19)27(22)15-21(29)24-17-7-6-8-18(13-17)32(30,31)26-11-4-5-12-26/h2-3,6-10,13,16,28H,4-5,11-12,14-15H2,1H3,(H,23,25)(H,24,29). The highest BCUT2D eigenvalue weighted by atomic mass is 32.2. The predicted molar refractivity (Wildman–Crippen MR) is 123 cm³/mol. The van der Waals surface area contributed by atoms with Gasteiger partial charge in [0.25, 0.3) is 0 Å². The zero-order chi connectivity index (χ0) is 22.7. The Kier molecular flexibility index (Phi) is 6.45. The van der Waals surface area contributed by atoms with Gasteiger partial charge in [-0.3, -0.25) is 4.79 Å². The summed E-state index contributed by atoms with van der Waals surface area (Å²) in [5, 5.41) is 15.5. The molecule has 1 atom stereocenters. The summed E-state index contributed by atoms with van der Waals surface area (Å²) in [5.74, 6) is 0.164. The molecule has 0 radical (unpaired) electrons. The van der Waals surface area contributed by atoms with Crippen molar-refractivity contribution in [3.63, 3.8) is 0 Å². The first kappa shape index (κ1) is 22.3. The quantitative estimate of drug-likeness (QED) is 0.478. The number of carbonyl (C=O) groups excluding carboxylic acids is 1. The molecule has 1 aliphatic heterocycles. The van der Waals surface area contributed by atoms with Crippen molar-refractivity contribution in [2.24, 2.45) is 0 Å². The number of amides is 1. The van der Waals surface area contributed by atoms with E-state index in [1.54, 1.807) is 29.7 Å². The second-order valence-electron chi connectivity index (χ2n) is 7.93. The van der Waals surface area contributed by atoms with E-state index < -0.39 is 16.1 Å². The number of rotatable bonds is 8. The van der Waals surface area contributed by atoms with Crippen molar-refractivity contribution in [1.82, 2.24) is 13.9 Å². The van der Waals surface area contributed by atoms with Gasteiger partial charge in [-0.1, -0.05) is 18.2 Å². The molecule has 1 aromatic heterocycles. The Morgan fingerprint density at radius 2 is 1.91 bits per heavy atom. The van der Waals surface area contributed by atoms with Gasteiger partial charge in [-0.05, 0) is 50.1 Å². The van der Waals surface area contributed by atoms with Crippen LogP contribution in [0.25, 0.3) is 11.0 Å². The lowest BCUT2D eigenvalue weighted by molar-refractivity contribution is -0.116. The van der Waals surface area contributed by atoms with Crippen LogP contribution in [0.3, 0.4) is 0 Å². The zero-order valence-electron chi connectivity index (χ0n) is 17.9. The minimum atomic E-state index is -3.56. The van der Waals surface area contributed by atoms with Crippen LogP contribution in [0.4, 0.5) is 11.6 Å². The van der Waals surface area contributed by atoms with Crippen LogP contribution in [0.2, 0.25) is 0 Å². The van der Waals surface area contributed by atoms with Crippen LogP contribution in [0.15, 0.2) is 53.4 Å². The van der Waals surface area contributed by atoms with Crippen LogP contribution in [-0.4, -0.2) is 59.0 Å². The average Bonchev–Trinajstić information content (AvgIpc) is 3.42. The van der Waals surface area contributed by atoms with Crippen molar-refractivity contribution >= 4 is 38.6 Å². The Bertz CT molecular complexity index is 1220. The Hall–Kier alpha value is -2.95. The van der Waals surface area contributed by atoms with Crippen molar-refractivity contribution in [3.05, 3.63) is 48.5 Å². The van der Waals surface area contributed by atoms with E-state index in [2.05, 4.69) is 15.6 Å². The van der Waals surface area contributed by atoms with Gasteiger partial charge in [-0.2, -0.15) is 4.31 Å². The molecule has 3 N–H and O–H groups in total. The fourth-order valence-corrected chi connectivity index (χ4v) is 5.33. The summed E-state index contributed by atoms with van der Waals surface area (Å²) in [6, 6.07) is 13.8. The minimum absolute atomic E-state index is 0.0221. The summed E-state index contributed by atoms with van der Waals surface area (Å²) in [6.07, 6.45) is 1.15. The van der Waals surface area contributed by atoms with Crippen molar-refractivity contribution in [2.75, 3.05) is 30.3 Å². The van der Waals surface area contributed by atoms with E-state index in [0.717, 1.165) is 23.9 Å². The van der Waals surface area contributed by atoms with Gasteiger partial charge < -0.3 is 20.3 Å². The van der Waals surface area contributed by atoms with E-state index in [1.165, 1.54) is 10.4 Å². The molecule has 0 spiro atoms. The molecule has 3 aromatic rings. The third-order valence-electron chi connectivity index (χ3n) is 5.33. The third-order valence-corrected chi connectivity index (χ3v) is 7.23. The zero-order valence-corrected chi connectivity index (χ0v) is 18.7. The number of carbonyl (C=O) groups is 1. The fraction of sp³-hybridized carbons (Fsp3) is 0.364. The van der Waals surface area contributed by atoms with Crippen LogP contribution in [0.1, 0.15) is 19.8 Å². The number of benzene rings is 2. The molecule has 170 valence electrons. The van der Waals surface area contributed by atoms with Gasteiger partial charge in [-0.25, -0.2) is 13.4 Å². The summed E-state index contributed by atoms with van der Waals surface area (Å²) in [4.78, 5) is 17.5. The van der Waals surface area contributed by atoms with Gasteiger partial charge in [0.2, 0.25) is 21.9 Å². The lowest BCUT2D eigenvalue weighted by Crippen LogP contribution is -2.28. The first-order valence-corrected chi connectivity index (χ1v) is 12.1. The molecule has 0 saturated carbocycles. The monoisotopic (exact) mass is 457 g/mol. The molecule has 1 amide bonds. The maximum atomic E-state index is 12.8. The van der Waals surface area contributed by atoms with E-state index in [4.69, 9.17) is 0 Å². The van der Waals surface area contributed by atoms with Crippen LogP contribution < -0.4 is 10.6 Å². The topological polar surface area (TPSA) is 117 Å². The van der Waals surface area contributed by atoms with E-state index in [-0.39, 0.29) is 17.3 Å². The Balaban J connectivity index is 1.53. The maximum absolute atomic E-state index is 12.8.